The van der Waals surface area contributed by atoms with Gasteiger partial charge in [-0.15, -0.1) is 0 Å². The lowest BCUT2D eigenvalue weighted by Gasteiger charge is -2.12. The molecule has 0 saturated heterocycles. The second-order valence-corrected chi connectivity index (χ2v) is 4.43. The van der Waals surface area contributed by atoms with E-state index in [1.54, 1.807) is 32.4 Å². The maximum atomic E-state index is 11.7. The third kappa shape index (κ3) is 5.18. The minimum atomic E-state index is -0.00613. The van der Waals surface area contributed by atoms with Gasteiger partial charge in [-0.3, -0.25) is 4.79 Å². The van der Waals surface area contributed by atoms with E-state index in [0.717, 1.165) is 11.3 Å². The number of carbonyl (C=O) groups is 1. The summed E-state index contributed by atoms with van der Waals surface area (Å²) >= 11 is 0. The summed E-state index contributed by atoms with van der Waals surface area (Å²) in [5.74, 6) is 0.716. The van der Waals surface area contributed by atoms with Crippen molar-refractivity contribution in [3.63, 3.8) is 0 Å². The largest absolute Gasteiger partial charge is 0.496 e. The van der Waals surface area contributed by atoms with Crippen molar-refractivity contribution in [2.24, 2.45) is 0 Å². The van der Waals surface area contributed by atoms with Gasteiger partial charge in [-0.05, 0) is 31.5 Å². The number of amides is 1. The minimum Gasteiger partial charge on any atom is -0.496 e. The molecule has 0 radical (unpaired) electrons. The number of nitrogen functional groups attached to an aromatic ring is 1. The number of nitrogens with two attached hydrogens (primary N) is 1. The van der Waals surface area contributed by atoms with Crippen molar-refractivity contribution in [3.8, 4) is 5.75 Å². The van der Waals surface area contributed by atoms with E-state index >= 15 is 0 Å². The van der Waals surface area contributed by atoms with E-state index in [-0.39, 0.29) is 12.0 Å². The van der Waals surface area contributed by atoms with Crippen LogP contribution in [0.3, 0.4) is 0 Å². The van der Waals surface area contributed by atoms with Gasteiger partial charge in [-0.2, -0.15) is 0 Å². The molecule has 1 aromatic carbocycles. The molecule has 1 atom stereocenters. The summed E-state index contributed by atoms with van der Waals surface area (Å²) in [4.78, 5) is 11.7. The average Bonchev–Trinajstić information content (AvgIpc) is 2.42. The number of benzene rings is 1. The van der Waals surface area contributed by atoms with Crippen LogP contribution in [0.4, 0.5) is 5.69 Å². The van der Waals surface area contributed by atoms with Crippen LogP contribution in [0.2, 0.25) is 0 Å². The molecule has 0 aliphatic heterocycles. The molecule has 0 heterocycles. The number of rotatable bonds is 7. The fourth-order valence-corrected chi connectivity index (χ4v) is 1.67. The van der Waals surface area contributed by atoms with Crippen molar-refractivity contribution >= 4 is 11.6 Å². The molecule has 5 nitrogen and oxygen atoms in total. The fourth-order valence-electron chi connectivity index (χ4n) is 1.67. The Hall–Kier alpha value is -1.75. The molecular formula is C14H22N2O3. The Balaban J connectivity index is 2.47. The molecule has 3 N–H and O–H groups in total. The number of nitrogens with one attached hydrogen (secondary N) is 1. The highest BCUT2D eigenvalue weighted by Crippen LogP contribution is 2.20. The first-order chi connectivity index (χ1) is 9.06. The zero-order valence-electron chi connectivity index (χ0n) is 11.7. The summed E-state index contributed by atoms with van der Waals surface area (Å²) in [6, 6.07) is 5.37. The highest BCUT2D eigenvalue weighted by molar-refractivity contribution is 5.76. The molecule has 106 valence electrons. The van der Waals surface area contributed by atoms with E-state index in [1.165, 1.54) is 0 Å². The van der Waals surface area contributed by atoms with Crippen LogP contribution in [0, 0.1) is 0 Å². The van der Waals surface area contributed by atoms with E-state index in [2.05, 4.69) is 5.32 Å². The zero-order valence-corrected chi connectivity index (χ0v) is 11.7. The van der Waals surface area contributed by atoms with E-state index in [9.17, 15) is 4.79 Å². The van der Waals surface area contributed by atoms with Gasteiger partial charge in [0.25, 0.3) is 0 Å². The van der Waals surface area contributed by atoms with Crippen molar-refractivity contribution in [1.82, 2.24) is 5.32 Å². The Morgan fingerprint density at radius 1 is 1.42 bits per heavy atom. The Morgan fingerprint density at radius 3 is 2.79 bits per heavy atom. The lowest BCUT2D eigenvalue weighted by Crippen LogP contribution is -2.24. The number of anilines is 1. The van der Waals surface area contributed by atoms with Gasteiger partial charge in [0.15, 0.2) is 0 Å². The molecule has 1 rings (SSSR count). The molecule has 0 fully saturated rings. The highest BCUT2D eigenvalue weighted by Gasteiger charge is 2.08. The third-order valence-electron chi connectivity index (χ3n) is 2.96. The van der Waals surface area contributed by atoms with Crippen LogP contribution in [0.5, 0.6) is 5.75 Å². The molecule has 0 saturated carbocycles. The molecule has 0 aliphatic rings. The molecule has 0 bridgehead atoms. The highest BCUT2D eigenvalue weighted by atomic mass is 16.5. The number of methoxy groups -OCH3 is 2. The van der Waals surface area contributed by atoms with Gasteiger partial charge in [0.2, 0.25) is 5.91 Å². The summed E-state index contributed by atoms with van der Waals surface area (Å²) in [5.41, 5.74) is 7.24. The first kappa shape index (κ1) is 15.3. The maximum Gasteiger partial charge on any atom is 0.220 e. The SMILES string of the molecule is COc1ccc(N)cc1CNC(=O)CCC(C)OC. The average molecular weight is 266 g/mol. The molecule has 1 aromatic rings. The number of hydrogen-bond acceptors (Lipinski definition) is 4. The predicted molar refractivity (Wildman–Crippen MR) is 75.0 cm³/mol. The smallest absolute Gasteiger partial charge is 0.220 e. The lowest BCUT2D eigenvalue weighted by molar-refractivity contribution is -0.121. The minimum absolute atomic E-state index is 0.00613. The van der Waals surface area contributed by atoms with Gasteiger partial charge >= 0.3 is 0 Å². The maximum absolute atomic E-state index is 11.7. The summed E-state index contributed by atoms with van der Waals surface area (Å²) in [6.45, 7) is 2.35. The van der Waals surface area contributed by atoms with Crippen LogP contribution < -0.4 is 15.8 Å². The van der Waals surface area contributed by atoms with Crippen molar-refractivity contribution in [1.29, 1.82) is 0 Å². The lowest BCUT2D eigenvalue weighted by atomic mass is 10.1. The van der Waals surface area contributed by atoms with Crippen LogP contribution in [-0.4, -0.2) is 26.2 Å². The van der Waals surface area contributed by atoms with Gasteiger partial charge in [-0.25, -0.2) is 0 Å². The van der Waals surface area contributed by atoms with E-state index in [0.29, 0.717) is 25.1 Å². The molecule has 1 unspecified atom stereocenters. The van der Waals surface area contributed by atoms with Gasteiger partial charge in [0.1, 0.15) is 5.75 Å². The molecular weight excluding hydrogens is 244 g/mol. The summed E-state index contributed by atoms with van der Waals surface area (Å²) in [6.07, 6.45) is 1.24. The van der Waals surface area contributed by atoms with Crippen LogP contribution in [0.1, 0.15) is 25.3 Å². The second-order valence-electron chi connectivity index (χ2n) is 4.43. The molecule has 1 amide bonds. The Morgan fingerprint density at radius 2 is 2.16 bits per heavy atom. The van der Waals surface area contributed by atoms with Crippen LogP contribution >= 0.6 is 0 Å². The summed E-state index contributed by atoms with van der Waals surface area (Å²) in [7, 11) is 3.23. The monoisotopic (exact) mass is 266 g/mol. The molecule has 19 heavy (non-hydrogen) atoms. The molecule has 0 spiro atoms. The van der Waals surface area contributed by atoms with E-state index in [4.69, 9.17) is 15.2 Å². The molecule has 0 aliphatic carbocycles. The standard InChI is InChI=1S/C14H22N2O3/c1-10(18-2)4-7-14(17)16-9-11-8-12(15)5-6-13(11)19-3/h5-6,8,10H,4,7,9,15H2,1-3H3,(H,16,17). The predicted octanol–water partition coefficient (Wildman–Crippen LogP) is 1.71. The Bertz CT molecular complexity index is 421. The molecule has 0 aromatic heterocycles. The first-order valence-electron chi connectivity index (χ1n) is 6.28. The molecule has 5 heteroatoms. The van der Waals surface area contributed by atoms with Crippen molar-refractivity contribution < 1.29 is 14.3 Å². The van der Waals surface area contributed by atoms with E-state index < -0.39 is 0 Å². The number of ether oxygens (including phenoxy) is 2. The van der Waals surface area contributed by atoms with Crippen LogP contribution in [0.15, 0.2) is 18.2 Å². The van der Waals surface area contributed by atoms with Crippen LogP contribution in [0.25, 0.3) is 0 Å². The first-order valence-corrected chi connectivity index (χ1v) is 6.28. The third-order valence-corrected chi connectivity index (χ3v) is 2.96. The van der Waals surface area contributed by atoms with Gasteiger partial charge in [0, 0.05) is 31.3 Å². The normalized spacial score (nSPS) is 11.9. The van der Waals surface area contributed by atoms with Gasteiger partial charge < -0.3 is 20.5 Å². The zero-order chi connectivity index (χ0) is 14.3. The Labute approximate surface area is 114 Å². The van der Waals surface area contributed by atoms with Gasteiger partial charge in [0.05, 0.1) is 13.2 Å². The van der Waals surface area contributed by atoms with Crippen molar-refractivity contribution in [2.75, 3.05) is 20.0 Å². The fraction of sp³-hybridized carbons (Fsp3) is 0.500. The van der Waals surface area contributed by atoms with E-state index in [1.807, 2.05) is 6.92 Å². The summed E-state index contributed by atoms with van der Waals surface area (Å²) < 4.78 is 10.3. The van der Waals surface area contributed by atoms with Crippen molar-refractivity contribution in [2.45, 2.75) is 32.4 Å². The summed E-state index contributed by atoms with van der Waals surface area (Å²) in [5, 5.41) is 2.85. The van der Waals surface area contributed by atoms with Gasteiger partial charge in [-0.1, -0.05) is 0 Å². The Kier molecular flexibility index (Phi) is 6.15. The number of carbonyl (C=O) groups excluding carboxylic acids is 1. The van der Waals surface area contributed by atoms with Crippen LogP contribution in [-0.2, 0) is 16.1 Å². The quantitative estimate of drug-likeness (QED) is 0.737. The number of hydrogen-bond donors (Lipinski definition) is 2. The second kappa shape index (κ2) is 7.63. The van der Waals surface area contributed by atoms with Crippen molar-refractivity contribution in [3.05, 3.63) is 23.8 Å². The topological polar surface area (TPSA) is 73.6 Å².